The van der Waals surface area contributed by atoms with E-state index in [1.165, 1.54) is 18.2 Å². The van der Waals surface area contributed by atoms with Crippen molar-refractivity contribution in [2.75, 3.05) is 15.9 Å². The lowest BCUT2D eigenvalue weighted by Gasteiger charge is -2.23. The zero-order valence-electron chi connectivity index (χ0n) is 16.1. The number of halogens is 1. The van der Waals surface area contributed by atoms with Gasteiger partial charge in [0, 0.05) is 11.3 Å². The van der Waals surface area contributed by atoms with Crippen LogP contribution in [-0.4, -0.2) is 20.6 Å². The van der Waals surface area contributed by atoms with Crippen LogP contribution in [0.1, 0.15) is 21.5 Å². The molecule has 0 spiro atoms. The van der Waals surface area contributed by atoms with Gasteiger partial charge in [-0.15, -0.1) is 0 Å². The van der Waals surface area contributed by atoms with Crippen LogP contribution in [-0.2, 0) is 16.6 Å². The minimum Gasteiger partial charge on any atom is -0.322 e. The molecule has 0 unspecified atom stereocenters. The molecule has 5 nitrogen and oxygen atoms in total. The molecule has 150 valence electrons. The van der Waals surface area contributed by atoms with Crippen molar-refractivity contribution in [2.45, 2.75) is 13.5 Å². The molecule has 0 radical (unpaired) electrons. The Balaban J connectivity index is 1.79. The molecule has 0 aromatic heterocycles. The number of hydrogen-bond acceptors (Lipinski definition) is 3. The monoisotopic (exact) mass is 412 g/mol. The number of carbonyl (C=O) groups excluding carboxylic acids is 1. The van der Waals surface area contributed by atoms with Crippen LogP contribution in [0, 0.1) is 12.7 Å². The molecule has 1 amide bonds. The van der Waals surface area contributed by atoms with Crippen molar-refractivity contribution in [1.29, 1.82) is 0 Å². The van der Waals surface area contributed by atoms with Crippen LogP contribution in [0.5, 0.6) is 0 Å². The molecule has 0 saturated carbocycles. The van der Waals surface area contributed by atoms with E-state index in [0.29, 0.717) is 11.1 Å². The van der Waals surface area contributed by atoms with Crippen LogP contribution in [0.15, 0.2) is 72.8 Å². The third-order valence-electron chi connectivity index (χ3n) is 4.46. The van der Waals surface area contributed by atoms with E-state index in [1.54, 1.807) is 30.3 Å². The summed E-state index contributed by atoms with van der Waals surface area (Å²) < 4.78 is 39.5. The standard InChI is InChI=1S/C22H21FN2O3S/c1-16-7-3-5-9-20(16)24-22(26)18-13-11-17(12-14-18)15-25(29(2,27)28)21-10-6-4-8-19(21)23/h3-14H,15H2,1-2H3,(H,24,26). The zero-order valence-corrected chi connectivity index (χ0v) is 16.9. The highest BCUT2D eigenvalue weighted by Gasteiger charge is 2.21. The summed E-state index contributed by atoms with van der Waals surface area (Å²) in [4.78, 5) is 12.5. The van der Waals surface area contributed by atoms with E-state index in [-0.39, 0.29) is 18.1 Å². The van der Waals surface area contributed by atoms with E-state index in [9.17, 15) is 17.6 Å². The van der Waals surface area contributed by atoms with Gasteiger partial charge in [-0.25, -0.2) is 12.8 Å². The van der Waals surface area contributed by atoms with Gasteiger partial charge in [-0.2, -0.15) is 0 Å². The van der Waals surface area contributed by atoms with Gasteiger partial charge in [0.15, 0.2) is 0 Å². The molecule has 0 fully saturated rings. The van der Waals surface area contributed by atoms with Crippen LogP contribution in [0.4, 0.5) is 15.8 Å². The second kappa shape index (κ2) is 8.45. The van der Waals surface area contributed by atoms with E-state index in [2.05, 4.69) is 5.32 Å². The van der Waals surface area contributed by atoms with Gasteiger partial charge in [0.1, 0.15) is 5.82 Å². The Kier molecular flexibility index (Phi) is 5.98. The molecule has 1 N–H and O–H groups in total. The van der Waals surface area contributed by atoms with Crippen molar-refractivity contribution < 1.29 is 17.6 Å². The molecule has 0 aliphatic heterocycles. The summed E-state index contributed by atoms with van der Waals surface area (Å²) in [6.45, 7) is 1.86. The summed E-state index contributed by atoms with van der Waals surface area (Å²) in [6.07, 6.45) is 1.03. The Morgan fingerprint density at radius 2 is 1.59 bits per heavy atom. The molecule has 3 rings (SSSR count). The Morgan fingerprint density at radius 3 is 2.21 bits per heavy atom. The number of carbonyl (C=O) groups is 1. The average molecular weight is 412 g/mol. The van der Waals surface area contributed by atoms with E-state index in [4.69, 9.17) is 0 Å². The minimum atomic E-state index is -3.70. The van der Waals surface area contributed by atoms with Gasteiger partial charge >= 0.3 is 0 Å². The molecule has 0 bridgehead atoms. The number of anilines is 2. The maximum absolute atomic E-state index is 14.1. The molecule has 0 heterocycles. The first-order chi connectivity index (χ1) is 13.8. The fourth-order valence-electron chi connectivity index (χ4n) is 2.87. The lowest BCUT2D eigenvalue weighted by molar-refractivity contribution is 0.102. The average Bonchev–Trinajstić information content (AvgIpc) is 2.68. The number of aryl methyl sites for hydroxylation is 1. The summed E-state index contributed by atoms with van der Waals surface area (Å²) in [5.41, 5.74) is 2.73. The van der Waals surface area contributed by atoms with E-state index >= 15 is 0 Å². The first-order valence-electron chi connectivity index (χ1n) is 8.94. The normalized spacial score (nSPS) is 11.1. The SMILES string of the molecule is Cc1ccccc1NC(=O)c1ccc(CN(c2ccccc2F)S(C)(=O)=O)cc1. The summed E-state index contributed by atoms with van der Waals surface area (Å²) in [5.74, 6) is -0.882. The van der Waals surface area contributed by atoms with Gasteiger partial charge in [0.05, 0.1) is 18.5 Å². The predicted octanol–water partition coefficient (Wildman–Crippen LogP) is 4.35. The maximum Gasteiger partial charge on any atom is 0.255 e. The quantitative estimate of drug-likeness (QED) is 0.654. The number of rotatable bonds is 6. The number of para-hydroxylation sites is 2. The Bertz CT molecular complexity index is 1130. The van der Waals surface area contributed by atoms with Gasteiger partial charge in [-0.3, -0.25) is 9.10 Å². The Morgan fingerprint density at radius 1 is 0.966 bits per heavy atom. The minimum absolute atomic E-state index is 0.0172. The van der Waals surface area contributed by atoms with Crippen molar-refractivity contribution >= 4 is 27.3 Å². The van der Waals surface area contributed by atoms with Crippen molar-refractivity contribution in [2.24, 2.45) is 0 Å². The van der Waals surface area contributed by atoms with Crippen molar-refractivity contribution in [3.63, 3.8) is 0 Å². The lowest BCUT2D eigenvalue weighted by atomic mass is 10.1. The highest BCUT2D eigenvalue weighted by atomic mass is 32.2. The van der Waals surface area contributed by atoms with Crippen LogP contribution in [0.3, 0.4) is 0 Å². The summed E-state index contributed by atoms with van der Waals surface area (Å²) in [7, 11) is -3.70. The summed E-state index contributed by atoms with van der Waals surface area (Å²) in [5, 5.41) is 2.85. The van der Waals surface area contributed by atoms with Crippen LogP contribution in [0.25, 0.3) is 0 Å². The highest BCUT2D eigenvalue weighted by Crippen LogP contribution is 2.24. The zero-order chi connectivity index (χ0) is 21.0. The van der Waals surface area contributed by atoms with E-state index < -0.39 is 15.8 Å². The number of sulfonamides is 1. The van der Waals surface area contributed by atoms with Crippen LogP contribution < -0.4 is 9.62 Å². The molecular weight excluding hydrogens is 391 g/mol. The second-order valence-electron chi connectivity index (χ2n) is 6.69. The number of nitrogens with zero attached hydrogens (tertiary/aromatic N) is 1. The third-order valence-corrected chi connectivity index (χ3v) is 5.58. The second-order valence-corrected chi connectivity index (χ2v) is 8.59. The molecule has 3 aromatic rings. The Hall–Kier alpha value is -3.19. The fraction of sp³-hybridized carbons (Fsp3) is 0.136. The van der Waals surface area contributed by atoms with Gasteiger partial charge in [0.25, 0.3) is 5.91 Å². The largest absolute Gasteiger partial charge is 0.322 e. The molecular formula is C22H21FN2O3S. The summed E-state index contributed by atoms with van der Waals surface area (Å²) in [6, 6.07) is 19.7. The smallest absolute Gasteiger partial charge is 0.255 e. The maximum atomic E-state index is 14.1. The first kappa shape index (κ1) is 20.5. The number of hydrogen-bond donors (Lipinski definition) is 1. The van der Waals surface area contributed by atoms with Gasteiger partial charge in [-0.05, 0) is 48.4 Å². The van der Waals surface area contributed by atoms with Gasteiger partial charge < -0.3 is 5.32 Å². The number of amides is 1. The molecule has 7 heteroatoms. The van der Waals surface area contributed by atoms with Crippen molar-refractivity contribution in [3.8, 4) is 0 Å². The fourth-order valence-corrected chi connectivity index (χ4v) is 3.76. The predicted molar refractivity (Wildman–Crippen MR) is 113 cm³/mol. The van der Waals surface area contributed by atoms with Crippen LogP contribution >= 0.6 is 0 Å². The van der Waals surface area contributed by atoms with Gasteiger partial charge in [-0.1, -0.05) is 42.5 Å². The van der Waals surface area contributed by atoms with Crippen LogP contribution in [0.2, 0.25) is 0 Å². The van der Waals surface area contributed by atoms with Gasteiger partial charge in [0.2, 0.25) is 10.0 Å². The Labute approximate surface area is 169 Å². The molecule has 3 aromatic carbocycles. The number of nitrogens with one attached hydrogen (secondary N) is 1. The molecule has 0 aliphatic carbocycles. The topological polar surface area (TPSA) is 66.5 Å². The van der Waals surface area contributed by atoms with Crippen molar-refractivity contribution in [3.05, 3.63) is 95.3 Å². The third kappa shape index (κ3) is 5.00. The van der Waals surface area contributed by atoms with E-state index in [1.807, 2.05) is 31.2 Å². The molecule has 0 saturated heterocycles. The van der Waals surface area contributed by atoms with Crippen molar-refractivity contribution in [1.82, 2.24) is 0 Å². The highest BCUT2D eigenvalue weighted by molar-refractivity contribution is 7.92. The molecule has 0 atom stereocenters. The molecule has 0 aliphatic rings. The van der Waals surface area contributed by atoms with E-state index in [0.717, 1.165) is 21.8 Å². The first-order valence-corrected chi connectivity index (χ1v) is 10.8. The summed E-state index contributed by atoms with van der Waals surface area (Å²) >= 11 is 0. The lowest BCUT2D eigenvalue weighted by Crippen LogP contribution is -2.30. The number of benzene rings is 3. The molecule has 29 heavy (non-hydrogen) atoms.